The van der Waals surface area contributed by atoms with E-state index in [9.17, 15) is 4.79 Å². The number of anilines is 1. The van der Waals surface area contributed by atoms with Gasteiger partial charge < -0.3 is 15.7 Å². The molecule has 1 aliphatic rings. The second-order valence-corrected chi connectivity index (χ2v) is 5.31. The minimum absolute atomic E-state index is 0.0366. The molecule has 1 saturated heterocycles. The number of amides is 1. The largest absolute Gasteiger partial charge is 0.399 e. The molecule has 0 saturated carbocycles. The van der Waals surface area contributed by atoms with Crippen molar-refractivity contribution >= 4 is 23.2 Å². The van der Waals surface area contributed by atoms with Gasteiger partial charge in [-0.3, -0.25) is 4.79 Å². The van der Waals surface area contributed by atoms with Crippen LogP contribution >= 0.6 is 11.6 Å². The van der Waals surface area contributed by atoms with Gasteiger partial charge in [-0.25, -0.2) is 0 Å². The molecule has 0 spiro atoms. The Morgan fingerprint density at radius 2 is 2.32 bits per heavy atom. The van der Waals surface area contributed by atoms with Crippen LogP contribution in [0.3, 0.4) is 0 Å². The molecule has 1 aromatic carbocycles. The van der Waals surface area contributed by atoms with E-state index in [1.165, 1.54) is 0 Å². The lowest BCUT2D eigenvalue weighted by molar-refractivity contribution is 0.0724. The number of carbonyl (C=O) groups is 1. The third-order valence-electron chi connectivity index (χ3n) is 3.56. The summed E-state index contributed by atoms with van der Waals surface area (Å²) in [6, 6.07) is 5.20. The van der Waals surface area contributed by atoms with Crippen LogP contribution in [0.1, 0.15) is 36.0 Å². The highest BCUT2D eigenvalue weighted by Gasteiger charge is 2.29. The average molecular weight is 283 g/mol. The van der Waals surface area contributed by atoms with E-state index in [2.05, 4.69) is 0 Å². The van der Waals surface area contributed by atoms with Crippen molar-refractivity contribution in [2.75, 3.05) is 18.9 Å². The van der Waals surface area contributed by atoms with Gasteiger partial charge in [-0.15, -0.1) is 0 Å². The van der Waals surface area contributed by atoms with Crippen LogP contribution in [0.2, 0.25) is 5.02 Å². The van der Waals surface area contributed by atoms with Crippen LogP contribution in [0.15, 0.2) is 18.2 Å². The molecule has 104 valence electrons. The van der Waals surface area contributed by atoms with Crippen molar-refractivity contribution in [1.82, 2.24) is 4.90 Å². The Bertz CT molecular complexity index is 465. The van der Waals surface area contributed by atoms with E-state index in [4.69, 9.17) is 22.4 Å². The fourth-order valence-corrected chi connectivity index (χ4v) is 2.86. The molecule has 4 nitrogen and oxygen atoms in total. The number of nitrogens with two attached hydrogens (primary N) is 1. The number of rotatable bonds is 4. The Balaban J connectivity index is 2.13. The monoisotopic (exact) mass is 282 g/mol. The molecule has 1 fully saturated rings. The van der Waals surface area contributed by atoms with Crippen LogP contribution in [-0.2, 0) is 0 Å². The first-order valence-corrected chi connectivity index (χ1v) is 6.98. The van der Waals surface area contributed by atoms with Crippen molar-refractivity contribution < 1.29 is 9.90 Å². The standard InChI is InChI=1S/C14H19ClN2O2/c15-13-9-10(16)5-6-12(13)14(19)17-7-1-3-11(17)4-2-8-18/h5-6,9,11,18H,1-4,7-8,16H2. The number of likely N-dealkylation sites (tertiary alicyclic amines) is 1. The van der Waals surface area contributed by atoms with Gasteiger partial charge >= 0.3 is 0 Å². The minimum Gasteiger partial charge on any atom is -0.399 e. The van der Waals surface area contributed by atoms with E-state index in [1.807, 2.05) is 4.90 Å². The normalized spacial score (nSPS) is 18.8. The molecule has 19 heavy (non-hydrogen) atoms. The van der Waals surface area contributed by atoms with Gasteiger partial charge in [0.2, 0.25) is 0 Å². The Morgan fingerprint density at radius 3 is 3.00 bits per heavy atom. The molecule has 1 aliphatic heterocycles. The third-order valence-corrected chi connectivity index (χ3v) is 3.87. The highest BCUT2D eigenvalue weighted by atomic mass is 35.5. The van der Waals surface area contributed by atoms with E-state index in [0.717, 1.165) is 32.2 Å². The fourth-order valence-electron chi connectivity index (χ4n) is 2.59. The first-order valence-electron chi connectivity index (χ1n) is 6.60. The molecule has 0 bridgehead atoms. The zero-order chi connectivity index (χ0) is 13.8. The molecule has 0 radical (unpaired) electrons. The summed E-state index contributed by atoms with van der Waals surface area (Å²) in [5.41, 5.74) is 6.70. The number of nitrogen functional groups attached to an aromatic ring is 1. The van der Waals surface area contributed by atoms with Gasteiger partial charge in [0, 0.05) is 24.9 Å². The summed E-state index contributed by atoms with van der Waals surface area (Å²) >= 11 is 6.09. The Morgan fingerprint density at radius 1 is 1.53 bits per heavy atom. The Kier molecular flexibility index (Phi) is 4.66. The van der Waals surface area contributed by atoms with Crippen molar-refractivity contribution in [1.29, 1.82) is 0 Å². The summed E-state index contributed by atoms with van der Waals surface area (Å²) in [4.78, 5) is 14.4. The molecule has 0 aromatic heterocycles. The number of hydrogen-bond acceptors (Lipinski definition) is 3. The molecule has 1 unspecified atom stereocenters. The summed E-state index contributed by atoms with van der Waals surface area (Å²) in [5, 5.41) is 9.31. The van der Waals surface area contributed by atoms with Gasteiger partial charge in [-0.05, 0) is 43.9 Å². The highest BCUT2D eigenvalue weighted by molar-refractivity contribution is 6.34. The second-order valence-electron chi connectivity index (χ2n) is 4.90. The smallest absolute Gasteiger partial charge is 0.255 e. The van der Waals surface area contributed by atoms with Crippen molar-refractivity contribution in [3.8, 4) is 0 Å². The molecule has 2 rings (SSSR count). The molecule has 3 N–H and O–H groups in total. The zero-order valence-corrected chi connectivity index (χ0v) is 11.6. The van der Waals surface area contributed by atoms with Crippen LogP contribution in [0.25, 0.3) is 0 Å². The Labute approximate surface area is 118 Å². The second kappa shape index (κ2) is 6.26. The zero-order valence-electron chi connectivity index (χ0n) is 10.8. The number of halogens is 1. The maximum absolute atomic E-state index is 12.5. The van der Waals surface area contributed by atoms with Crippen molar-refractivity contribution in [2.45, 2.75) is 31.7 Å². The maximum atomic E-state index is 12.5. The van der Waals surface area contributed by atoms with Crippen LogP contribution < -0.4 is 5.73 Å². The predicted molar refractivity (Wildman–Crippen MR) is 76.2 cm³/mol. The number of aliphatic hydroxyl groups is 1. The number of carbonyl (C=O) groups excluding carboxylic acids is 1. The minimum atomic E-state index is -0.0366. The first-order chi connectivity index (χ1) is 9.13. The predicted octanol–water partition coefficient (Wildman–Crippen LogP) is 2.30. The lowest BCUT2D eigenvalue weighted by atomic mass is 10.1. The maximum Gasteiger partial charge on any atom is 0.255 e. The topological polar surface area (TPSA) is 66.6 Å². The number of aliphatic hydroxyl groups excluding tert-OH is 1. The van der Waals surface area contributed by atoms with E-state index in [-0.39, 0.29) is 18.6 Å². The van der Waals surface area contributed by atoms with Gasteiger partial charge in [0.15, 0.2) is 0 Å². The number of benzene rings is 1. The highest BCUT2D eigenvalue weighted by Crippen LogP contribution is 2.27. The molecular weight excluding hydrogens is 264 g/mol. The van der Waals surface area contributed by atoms with Crippen LogP contribution in [-0.4, -0.2) is 35.1 Å². The van der Waals surface area contributed by atoms with E-state index in [0.29, 0.717) is 16.3 Å². The van der Waals surface area contributed by atoms with Gasteiger partial charge in [-0.1, -0.05) is 11.6 Å². The molecule has 5 heteroatoms. The average Bonchev–Trinajstić information content (AvgIpc) is 2.83. The lowest BCUT2D eigenvalue weighted by Crippen LogP contribution is -2.35. The van der Waals surface area contributed by atoms with Crippen LogP contribution in [0.5, 0.6) is 0 Å². The molecule has 1 atom stereocenters. The van der Waals surface area contributed by atoms with Gasteiger partial charge in [-0.2, -0.15) is 0 Å². The van der Waals surface area contributed by atoms with Gasteiger partial charge in [0.25, 0.3) is 5.91 Å². The molecule has 0 aliphatic carbocycles. The van der Waals surface area contributed by atoms with Gasteiger partial charge in [0.1, 0.15) is 0 Å². The van der Waals surface area contributed by atoms with Crippen LogP contribution in [0.4, 0.5) is 5.69 Å². The van der Waals surface area contributed by atoms with Crippen molar-refractivity contribution in [3.05, 3.63) is 28.8 Å². The van der Waals surface area contributed by atoms with Crippen LogP contribution in [0, 0.1) is 0 Å². The summed E-state index contributed by atoms with van der Waals surface area (Å²) < 4.78 is 0. The summed E-state index contributed by atoms with van der Waals surface area (Å²) in [6.07, 6.45) is 3.57. The summed E-state index contributed by atoms with van der Waals surface area (Å²) in [6.45, 7) is 0.927. The fraction of sp³-hybridized carbons (Fsp3) is 0.500. The quantitative estimate of drug-likeness (QED) is 0.833. The number of nitrogens with zero attached hydrogens (tertiary/aromatic N) is 1. The first kappa shape index (κ1) is 14.2. The molecular formula is C14H19ClN2O2. The van der Waals surface area contributed by atoms with E-state index >= 15 is 0 Å². The summed E-state index contributed by atoms with van der Waals surface area (Å²) in [7, 11) is 0. The van der Waals surface area contributed by atoms with Crippen molar-refractivity contribution in [2.24, 2.45) is 0 Å². The third kappa shape index (κ3) is 3.19. The summed E-state index contributed by atoms with van der Waals surface area (Å²) in [5.74, 6) is -0.0366. The lowest BCUT2D eigenvalue weighted by Gasteiger charge is -2.25. The molecule has 1 amide bonds. The SMILES string of the molecule is Nc1ccc(C(=O)N2CCCC2CCCO)c(Cl)c1. The molecule has 1 heterocycles. The van der Waals surface area contributed by atoms with Gasteiger partial charge in [0.05, 0.1) is 10.6 Å². The van der Waals surface area contributed by atoms with E-state index < -0.39 is 0 Å². The van der Waals surface area contributed by atoms with E-state index in [1.54, 1.807) is 18.2 Å². The Hall–Kier alpha value is -1.26. The number of hydrogen-bond donors (Lipinski definition) is 2. The molecule has 1 aromatic rings. The van der Waals surface area contributed by atoms with Crippen molar-refractivity contribution in [3.63, 3.8) is 0 Å².